The fourth-order valence-electron chi connectivity index (χ4n) is 1.24. The van der Waals surface area contributed by atoms with Gasteiger partial charge in [0, 0.05) is 11.2 Å². The van der Waals surface area contributed by atoms with Crippen LogP contribution in [0.15, 0.2) is 30.5 Å². The van der Waals surface area contributed by atoms with Crippen molar-refractivity contribution in [3.63, 3.8) is 0 Å². The van der Waals surface area contributed by atoms with Crippen molar-refractivity contribution in [2.45, 2.75) is 6.61 Å². The van der Waals surface area contributed by atoms with E-state index in [9.17, 15) is 4.39 Å². The molecule has 1 aromatic heterocycles. The Morgan fingerprint density at radius 1 is 1.40 bits per heavy atom. The van der Waals surface area contributed by atoms with Gasteiger partial charge in [-0.3, -0.25) is 0 Å². The minimum Gasteiger partial charge on any atom is -0.390 e. The fraction of sp³-hybridized carbons (Fsp3) is 0.100. The van der Waals surface area contributed by atoms with E-state index in [1.807, 2.05) is 0 Å². The highest BCUT2D eigenvalue weighted by atomic mass is 35.5. The van der Waals surface area contributed by atoms with Crippen molar-refractivity contribution in [1.29, 1.82) is 0 Å². The van der Waals surface area contributed by atoms with Gasteiger partial charge in [0.05, 0.1) is 12.3 Å². The summed E-state index contributed by atoms with van der Waals surface area (Å²) in [6.45, 7) is -0.171. The lowest BCUT2D eigenvalue weighted by Crippen LogP contribution is -1.99. The van der Waals surface area contributed by atoms with Crippen LogP contribution in [0.5, 0.6) is 0 Å². The second kappa shape index (κ2) is 4.00. The highest BCUT2D eigenvalue weighted by Gasteiger charge is 2.06. The third-order valence-corrected chi connectivity index (χ3v) is 2.20. The van der Waals surface area contributed by atoms with E-state index in [-0.39, 0.29) is 12.3 Å². The van der Waals surface area contributed by atoms with Crippen LogP contribution < -0.4 is 0 Å². The van der Waals surface area contributed by atoms with E-state index >= 15 is 0 Å². The van der Waals surface area contributed by atoms with Gasteiger partial charge in [-0.05, 0) is 24.3 Å². The molecule has 0 saturated carbocycles. The first-order chi connectivity index (χ1) is 7.20. The van der Waals surface area contributed by atoms with E-state index in [0.29, 0.717) is 10.7 Å². The third kappa shape index (κ3) is 2.00. The maximum Gasteiger partial charge on any atom is 0.148 e. The second-order valence-corrected chi connectivity index (χ2v) is 3.44. The average Bonchev–Trinajstić information content (AvgIpc) is 2.70. The van der Waals surface area contributed by atoms with Crippen molar-refractivity contribution >= 4 is 11.6 Å². The van der Waals surface area contributed by atoms with Crippen molar-refractivity contribution < 1.29 is 9.50 Å². The minimum absolute atomic E-state index is 0.171. The van der Waals surface area contributed by atoms with Gasteiger partial charge in [-0.2, -0.15) is 5.10 Å². The highest BCUT2D eigenvalue weighted by molar-refractivity contribution is 6.30. The Hall–Kier alpha value is -1.39. The van der Waals surface area contributed by atoms with Gasteiger partial charge in [0.2, 0.25) is 0 Å². The number of aliphatic hydroxyl groups is 1. The molecule has 15 heavy (non-hydrogen) atoms. The average molecular weight is 227 g/mol. The monoisotopic (exact) mass is 226 g/mol. The van der Waals surface area contributed by atoms with Gasteiger partial charge in [0.1, 0.15) is 11.5 Å². The number of benzene rings is 1. The molecule has 78 valence electrons. The Morgan fingerprint density at radius 2 is 2.20 bits per heavy atom. The highest BCUT2D eigenvalue weighted by Crippen LogP contribution is 2.18. The van der Waals surface area contributed by atoms with Crippen molar-refractivity contribution in [3.05, 3.63) is 47.0 Å². The largest absolute Gasteiger partial charge is 0.390 e. The molecule has 1 heterocycles. The van der Waals surface area contributed by atoms with Gasteiger partial charge < -0.3 is 5.11 Å². The number of hydrogen-bond donors (Lipinski definition) is 1. The van der Waals surface area contributed by atoms with E-state index < -0.39 is 5.82 Å². The fourth-order valence-corrected chi connectivity index (χ4v) is 1.41. The summed E-state index contributed by atoms with van der Waals surface area (Å²) >= 11 is 5.75. The summed E-state index contributed by atoms with van der Waals surface area (Å²) < 4.78 is 14.7. The molecule has 0 bridgehead atoms. The van der Waals surface area contributed by atoms with Gasteiger partial charge in [0.25, 0.3) is 0 Å². The molecule has 1 N–H and O–H groups in total. The van der Waals surface area contributed by atoms with Gasteiger partial charge in [-0.25, -0.2) is 9.07 Å². The van der Waals surface area contributed by atoms with Crippen LogP contribution in [0.2, 0.25) is 5.02 Å². The summed E-state index contributed by atoms with van der Waals surface area (Å²) in [6, 6.07) is 5.83. The molecule has 5 heteroatoms. The Labute approximate surface area is 90.7 Å². The summed E-state index contributed by atoms with van der Waals surface area (Å²) in [5.74, 6) is -0.410. The summed E-state index contributed by atoms with van der Waals surface area (Å²) in [6.07, 6.45) is 1.57. The molecule has 0 fully saturated rings. The third-order valence-electron chi connectivity index (χ3n) is 1.96. The van der Waals surface area contributed by atoms with Crippen LogP contribution in [0.4, 0.5) is 4.39 Å². The van der Waals surface area contributed by atoms with Crippen LogP contribution in [0.1, 0.15) is 5.69 Å². The second-order valence-electron chi connectivity index (χ2n) is 3.01. The SMILES string of the molecule is OCc1ccn(-c2cc(Cl)ccc2F)n1. The molecule has 0 spiro atoms. The lowest BCUT2D eigenvalue weighted by Gasteiger charge is -2.03. The minimum atomic E-state index is -0.410. The van der Waals surface area contributed by atoms with Crippen molar-refractivity contribution in [3.8, 4) is 5.69 Å². The zero-order chi connectivity index (χ0) is 10.8. The quantitative estimate of drug-likeness (QED) is 0.852. The lowest BCUT2D eigenvalue weighted by atomic mass is 10.3. The number of aromatic nitrogens is 2. The number of halogens is 2. The predicted octanol–water partition coefficient (Wildman–Crippen LogP) is 2.16. The molecule has 3 nitrogen and oxygen atoms in total. The molecular formula is C10H8ClFN2O. The predicted molar refractivity (Wildman–Crippen MR) is 54.5 cm³/mol. The Bertz CT molecular complexity index is 484. The van der Waals surface area contributed by atoms with Gasteiger partial charge in [-0.1, -0.05) is 11.6 Å². The lowest BCUT2D eigenvalue weighted by molar-refractivity contribution is 0.276. The van der Waals surface area contributed by atoms with E-state index in [2.05, 4.69) is 5.10 Å². The smallest absolute Gasteiger partial charge is 0.148 e. The maximum atomic E-state index is 13.4. The maximum absolute atomic E-state index is 13.4. The molecule has 0 saturated heterocycles. The number of aliphatic hydroxyl groups excluding tert-OH is 1. The molecule has 1 aromatic carbocycles. The van der Waals surface area contributed by atoms with E-state index in [4.69, 9.17) is 16.7 Å². The Kier molecular flexibility index (Phi) is 2.70. The van der Waals surface area contributed by atoms with Gasteiger partial charge in [0.15, 0.2) is 0 Å². The van der Waals surface area contributed by atoms with E-state index in [0.717, 1.165) is 0 Å². The van der Waals surface area contributed by atoms with Gasteiger partial charge >= 0.3 is 0 Å². The number of rotatable bonds is 2. The molecule has 0 radical (unpaired) electrons. The molecule has 0 unspecified atom stereocenters. The first-order valence-corrected chi connectivity index (χ1v) is 4.69. The summed E-state index contributed by atoms with van der Waals surface area (Å²) in [7, 11) is 0. The van der Waals surface area contributed by atoms with E-state index in [1.54, 1.807) is 12.3 Å². The number of hydrogen-bond acceptors (Lipinski definition) is 2. The molecule has 0 aliphatic rings. The summed E-state index contributed by atoms with van der Waals surface area (Å²) in [5, 5.41) is 13.2. The van der Waals surface area contributed by atoms with Crippen LogP contribution in [-0.2, 0) is 6.61 Å². The van der Waals surface area contributed by atoms with E-state index in [1.165, 1.54) is 22.9 Å². The zero-order valence-electron chi connectivity index (χ0n) is 7.69. The molecule has 0 amide bonds. The molecule has 0 aliphatic heterocycles. The van der Waals surface area contributed by atoms with Crippen molar-refractivity contribution in [2.75, 3.05) is 0 Å². The molecule has 2 rings (SSSR count). The summed E-state index contributed by atoms with van der Waals surface area (Å²) in [4.78, 5) is 0. The molecule has 2 aromatic rings. The van der Waals surface area contributed by atoms with Crippen LogP contribution in [0, 0.1) is 5.82 Å². The first kappa shape index (κ1) is 10.1. The Morgan fingerprint density at radius 3 is 2.87 bits per heavy atom. The molecule has 0 aliphatic carbocycles. The number of nitrogens with zero attached hydrogens (tertiary/aromatic N) is 2. The molecular weight excluding hydrogens is 219 g/mol. The van der Waals surface area contributed by atoms with Crippen LogP contribution in [0.25, 0.3) is 5.69 Å². The normalized spacial score (nSPS) is 10.6. The van der Waals surface area contributed by atoms with Crippen LogP contribution in [-0.4, -0.2) is 14.9 Å². The molecule has 0 atom stereocenters. The van der Waals surface area contributed by atoms with Crippen LogP contribution >= 0.6 is 11.6 Å². The zero-order valence-corrected chi connectivity index (χ0v) is 8.45. The standard InChI is InChI=1S/C10H8ClFN2O/c11-7-1-2-9(12)10(5-7)14-4-3-8(6-15)13-14/h1-5,15H,6H2. The van der Waals surface area contributed by atoms with Crippen molar-refractivity contribution in [2.24, 2.45) is 0 Å². The van der Waals surface area contributed by atoms with Gasteiger partial charge in [-0.15, -0.1) is 0 Å². The van der Waals surface area contributed by atoms with Crippen molar-refractivity contribution in [1.82, 2.24) is 9.78 Å². The topological polar surface area (TPSA) is 38.0 Å². The first-order valence-electron chi connectivity index (χ1n) is 4.31. The summed E-state index contributed by atoms with van der Waals surface area (Å²) in [5.41, 5.74) is 0.747. The van der Waals surface area contributed by atoms with Crippen LogP contribution in [0.3, 0.4) is 0 Å². The Balaban J connectivity index is 2.48.